The van der Waals surface area contributed by atoms with Crippen molar-refractivity contribution in [3.05, 3.63) is 23.7 Å². The predicted octanol–water partition coefficient (Wildman–Crippen LogP) is 3.23. The third-order valence-corrected chi connectivity index (χ3v) is 4.15. The maximum Gasteiger partial charge on any atom is 0.231 e. The molecule has 5 nitrogen and oxygen atoms in total. The van der Waals surface area contributed by atoms with Gasteiger partial charge in [0.15, 0.2) is 21.8 Å². The molecule has 0 saturated heterocycles. The molecule has 90 valence electrons. The summed E-state index contributed by atoms with van der Waals surface area (Å²) in [4.78, 5) is 8.67. The van der Waals surface area contributed by atoms with Crippen molar-refractivity contribution >= 4 is 43.2 Å². The smallest absolute Gasteiger partial charge is 0.231 e. The van der Waals surface area contributed by atoms with Gasteiger partial charge in [-0.25, -0.2) is 9.97 Å². The maximum absolute atomic E-state index is 5.35. The van der Waals surface area contributed by atoms with Gasteiger partial charge in [-0.3, -0.25) is 0 Å². The fourth-order valence-electron chi connectivity index (χ4n) is 1.75. The van der Waals surface area contributed by atoms with Crippen LogP contribution in [0, 0.1) is 0 Å². The van der Waals surface area contributed by atoms with E-state index in [-0.39, 0.29) is 6.79 Å². The highest BCUT2D eigenvalue weighted by Gasteiger charge is 2.16. The molecule has 4 rings (SSSR count). The molecule has 0 fully saturated rings. The van der Waals surface area contributed by atoms with Crippen LogP contribution in [0.3, 0.4) is 0 Å². The topological polar surface area (TPSA) is 56.3 Å². The molecule has 0 saturated carbocycles. The number of aromatic nitrogens is 2. The summed E-state index contributed by atoms with van der Waals surface area (Å²) in [5.41, 5.74) is 0.906. The molecule has 0 unspecified atom stereocenters. The van der Waals surface area contributed by atoms with Gasteiger partial charge in [-0.05, 0) is 0 Å². The Morgan fingerprint density at radius 2 is 2.06 bits per heavy atom. The largest absolute Gasteiger partial charge is 0.454 e. The number of nitrogens with zero attached hydrogens (tertiary/aromatic N) is 2. The lowest BCUT2D eigenvalue weighted by molar-refractivity contribution is 0.174. The molecule has 1 aliphatic heterocycles. The Bertz CT molecular complexity index is 667. The number of thiazole rings is 2. The first kappa shape index (κ1) is 10.1. The molecule has 0 bridgehead atoms. The first-order chi connectivity index (χ1) is 8.88. The molecule has 0 spiro atoms. The molecule has 1 aromatic carbocycles. The van der Waals surface area contributed by atoms with Gasteiger partial charge in [-0.15, -0.1) is 11.3 Å². The highest BCUT2D eigenvalue weighted by atomic mass is 32.1. The molecule has 2 aromatic heterocycles. The van der Waals surface area contributed by atoms with Crippen LogP contribution in [0.2, 0.25) is 0 Å². The quantitative estimate of drug-likeness (QED) is 0.779. The van der Waals surface area contributed by atoms with E-state index in [1.165, 1.54) is 0 Å². The lowest BCUT2D eigenvalue weighted by Gasteiger charge is -1.93. The number of nitrogens with one attached hydrogen (secondary N) is 1. The summed E-state index contributed by atoms with van der Waals surface area (Å²) in [6.45, 7) is 0.289. The molecule has 1 N–H and O–H groups in total. The average molecular weight is 277 g/mol. The van der Waals surface area contributed by atoms with Gasteiger partial charge in [0.1, 0.15) is 0 Å². The van der Waals surface area contributed by atoms with Crippen molar-refractivity contribution in [1.82, 2.24) is 9.97 Å². The third kappa shape index (κ3) is 1.59. The van der Waals surface area contributed by atoms with Gasteiger partial charge in [0.05, 0.1) is 10.2 Å². The van der Waals surface area contributed by atoms with Gasteiger partial charge in [0, 0.05) is 23.7 Å². The van der Waals surface area contributed by atoms with Crippen LogP contribution in [0.5, 0.6) is 11.5 Å². The summed E-state index contributed by atoms with van der Waals surface area (Å²) in [7, 11) is 0. The summed E-state index contributed by atoms with van der Waals surface area (Å²) < 4.78 is 11.7. The second kappa shape index (κ2) is 3.82. The zero-order valence-electron chi connectivity index (χ0n) is 9.04. The highest BCUT2D eigenvalue weighted by Crippen LogP contribution is 2.39. The maximum atomic E-state index is 5.35. The second-order valence-electron chi connectivity index (χ2n) is 3.65. The van der Waals surface area contributed by atoms with Gasteiger partial charge in [-0.2, -0.15) is 0 Å². The lowest BCUT2D eigenvalue weighted by Crippen LogP contribution is -1.92. The molecular formula is C11H7N3O2S2. The van der Waals surface area contributed by atoms with E-state index < -0.39 is 0 Å². The zero-order valence-corrected chi connectivity index (χ0v) is 10.7. The van der Waals surface area contributed by atoms with Crippen LogP contribution in [0.1, 0.15) is 0 Å². The number of ether oxygens (including phenoxy) is 2. The van der Waals surface area contributed by atoms with Gasteiger partial charge in [-0.1, -0.05) is 11.3 Å². The number of rotatable bonds is 2. The van der Waals surface area contributed by atoms with Crippen molar-refractivity contribution in [1.29, 1.82) is 0 Å². The van der Waals surface area contributed by atoms with Crippen molar-refractivity contribution < 1.29 is 9.47 Å². The summed E-state index contributed by atoms with van der Waals surface area (Å²) in [6, 6.07) is 3.86. The fourth-order valence-corrected chi connectivity index (χ4v) is 3.22. The molecule has 0 atom stereocenters. The number of hydrogen-bond donors (Lipinski definition) is 1. The van der Waals surface area contributed by atoms with Crippen molar-refractivity contribution in [2.45, 2.75) is 0 Å². The molecular weight excluding hydrogens is 270 g/mol. The Morgan fingerprint density at radius 1 is 1.17 bits per heavy atom. The number of hydrogen-bond acceptors (Lipinski definition) is 7. The molecule has 0 radical (unpaired) electrons. The fraction of sp³-hybridized carbons (Fsp3) is 0.0909. The standard InChI is InChI=1S/C11H7N3O2S2/c1-2-17-10(12-1)14-11-13-6-3-7-8(16-5-15-7)4-9(6)18-11/h1-4H,5H2,(H,12,13,14). The van der Waals surface area contributed by atoms with Crippen molar-refractivity contribution in [3.8, 4) is 11.5 Å². The van der Waals surface area contributed by atoms with E-state index in [2.05, 4.69) is 15.3 Å². The minimum Gasteiger partial charge on any atom is -0.454 e. The lowest BCUT2D eigenvalue weighted by atomic mass is 10.3. The minimum absolute atomic E-state index is 0.289. The van der Waals surface area contributed by atoms with Crippen LogP contribution < -0.4 is 14.8 Å². The Balaban J connectivity index is 1.75. The van der Waals surface area contributed by atoms with Gasteiger partial charge in [0.2, 0.25) is 6.79 Å². The Morgan fingerprint density at radius 3 is 2.89 bits per heavy atom. The summed E-state index contributed by atoms with van der Waals surface area (Å²) in [5.74, 6) is 1.54. The zero-order chi connectivity index (χ0) is 11.9. The van der Waals surface area contributed by atoms with Gasteiger partial charge >= 0.3 is 0 Å². The van der Waals surface area contributed by atoms with Crippen LogP contribution >= 0.6 is 22.7 Å². The van der Waals surface area contributed by atoms with E-state index in [0.29, 0.717) is 0 Å². The Kier molecular flexibility index (Phi) is 2.14. The number of fused-ring (bicyclic) bond motifs is 2. The van der Waals surface area contributed by atoms with Crippen molar-refractivity contribution in [2.75, 3.05) is 12.1 Å². The van der Waals surface area contributed by atoms with Crippen LogP contribution in [-0.2, 0) is 0 Å². The van der Waals surface area contributed by atoms with E-state index in [1.807, 2.05) is 17.5 Å². The highest BCUT2D eigenvalue weighted by molar-refractivity contribution is 7.22. The molecule has 3 aromatic rings. The first-order valence-electron chi connectivity index (χ1n) is 5.25. The number of benzene rings is 1. The van der Waals surface area contributed by atoms with Crippen molar-refractivity contribution in [2.24, 2.45) is 0 Å². The Labute approximate surface area is 110 Å². The molecule has 3 heterocycles. The summed E-state index contributed by atoms with van der Waals surface area (Å²) in [5, 5.41) is 6.77. The van der Waals surface area contributed by atoms with E-state index in [4.69, 9.17) is 9.47 Å². The third-order valence-electron chi connectivity index (χ3n) is 2.53. The van der Waals surface area contributed by atoms with Crippen LogP contribution in [0.25, 0.3) is 10.2 Å². The monoisotopic (exact) mass is 277 g/mol. The Hall–Kier alpha value is -1.86. The van der Waals surface area contributed by atoms with E-state index in [0.717, 1.165) is 32.0 Å². The van der Waals surface area contributed by atoms with Gasteiger partial charge < -0.3 is 14.8 Å². The average Bonchev–Trinajstić information content (AvgIpc) is 3.04. The second-order valence-corrected chi connectivity index (χ2v) is 5.58. The van der Waals surface area contributed by atoms with Gasteiger partial charge in [0.25, 0.3) is 0 Å². The van der Waals surface area contributed by atoms with E-state index in [1.54, 1.807) is 28.9 Å². The van der Waals surface area contributed by atoms with Crippen molar-refractivity contribution in [3.63, 3.8) is 0 Å². The van der Waals surface area contributed by atoms with Crippen LogP contribution in [0.4, 0.5) is 10.3 Å². The van der Waals surface area contributed by atoms with E-state index >= 15 is 0 Å². The first-order valence-corrected chi connectivity index (χ1v) is 6.95. The summed E-state index contributed by atoms with van der Waals surface area (Å²) in [6.07, 6.45) is 1.76. The predicted molar refractivity (Wildman–Crippen MR) is 71.1 cm³/mol. The molecule has 7 heteroatoms. The van der Waals surface area contributed by atoms with Crippen LogP contribution in [0.15, 0.2) is 23.7 Å². The number of anilines is 2. The molecule has 0 aliphatic carbocycles. The SMILES string of the molecule is c1csc(Nc2nc3cc4c(cc3s2)OCO4)n1. The molecule has 1 aliphatic rings. The molecule has 0 amide bonds. The normalized spacial score (nSPS) is 13.1. The summed E-state index contributed by atoms with van der Waals surface area (Å²) >= 11 is 3.12. The van der Waals surface area contributed by atoms with Crippen LogP contribution in [-0.4, -0.2) is 16.8 Å². The van der Waals surface area contributed by atoms with E-state index in [9.17, 15) is 0 Å². The molecule has 18 heavy (non-hydrogen) atoms. The minimum atomic E-state index is 0.289.